The first-order valence-electron chi connectivity index (χ1n) is 4.90. The Labute approximate surface area is 75.3 Å². The van der Waals surface area contributed by atoms with Crippen molar-refractivity contribution in [2.75, 3.05) is 0 Å². The molecule has 0 amide bonds. The van der Waals surface area contributed by atoms with Crippen molar-refractivity contribution in [1.29, 1.82) is 0 Å². The topological polar surface area (TPSA) is 0 Å². The second-order valence-electron chi connectivity index (χ2n) is 2.55. The molecule has 0 saturated carbocycles. The summed E-state index contributed by atoms with van der Waals surface area (Å²) in [5.41, 5.74) is 1.64. The van der Waals surface area contributed by atoms with Crippen molar-refractivity contribution in [2.24, 2.45) is 0 Å². The standard InChI is InChI=1S/C12H10/c1-3-7-11(8-4-1)12-9-5-2-6-10-12/h1-10H/i7D,9D. The van der Waals surface area contributed by atoms with Gasteiger partial charge in [-0.05, 0) is 11.1 Å². The van der Waals surface area contributed by atoms with Crippen LogP contribution in [0.4, 0.5) is 0 Å². The van der Waals surface area contributed by atoms with Crippen LogP contribution < -0.4 is 0 Å². The molecule has 0 aromatic heterocycles. The lowest BCUT2D eigenvalue weighted by Crippen LogP contribution is -1.73. The maximum atomic E-state index is 7.72. The highest BCUT2D eigenvalue weighted by Crippen LogP contribution is 2.17. The van der Waals surface area contributed by atoms with Crippen LogP contribution in [0.1, 0.15) is 2.74 Å². The van der Waals surface area contributed by atoms with E-state index in [0.717, 1.165) is 11.1 Å². The molecule has 0 saturated heterocycles. The lowest BCUT2D eigenvalue weighted by Gasteiger charge is -1.98. The molecular weight excluding hydrogens is 144 g/mol. The Hall–Kier alpha value is -1.56. The maximum absolute atomic E-state index is 7.72. The van der Waals surface area contributed by atoms with Gasteiger partial charge in [-0.15, -0.1) is 0 Å². The van der Waals surface area contributed by atoms with E-state index in [2.05, 4.69) is 0 Å². The van der Waals surface area contributed by atoms with Crippen molar-refractivity contribution in [2.45, 2.75) is 0 Å². The fourth-order valence-corrected chi connectivity index (χ4v) is 1.12. The van der Waals surface area contributed by atoms with E-state index in [4.69, 9.17) is 2.74 Å². The summed E-state index contributed by atoms with van der Waals surface area (Å²) in [7, 11) is 0. The zero-order valence-electron chi connectivity index (χ0n) is 8.62. The van der Waals surface area contributed by atoms with Crippen LogP contribution in [0, 0.1) is 0 Å². The summed E-state index contributed by atoms with van der Waals surface area (Å²) in [5.74, 6) is 0. The number of rotatable bonds is 1. The first-order valence-corrected chi connectivity index (χ1v) is 3.90. The van der Waals surface area contributed by atoms with E-state index in [0.29, 0.717) is 12.1 Å². The third-order valence-electron chi connectivity index (χ3n) is 1.71. The van der Waals surface area contributed by atoms with E-state index in [1.54, 1.807) is 12.1 Å². The van der Waals surface area contributed by atoms with Gasteiger partial charge in [0, 0.05) is 0 Å². The first-order chi connectivity index (χ1) is 6.79. The monoisotopic (exact) mass is 156 g/mol. The third kappa shape index (κ3) is 1.37. The van der Waals surface area contributed by atoms with Gasteiger partial charge in [0.05, 0.1) is 2.74 Å². The largest absolute Gasteiger partial charge is 0.0629 e. The van der Waals surface area contributed by atoms with Gasteiger partial charge in [-0.3, -0.25) is 0 Å². The first kappa shape index (κ1) is 5.15. The smallest absolute Gasteiger partial charge is 0.0622 e. The van der Waals surface area contributed by atoms with Crippen LogP contribution >= 0.6 is 0 Å². The molecule has 0 aliphatic rings. The minimum atomic E-state index is 0.465. The molecule has 58 valence electrons. The van der Waals surface area contributed by atoms with Crippen molar-refractivity contribution in [3.05, 3.63) is 60.6 Å². The summed E-state index contributed by atoms with van der Waals surface area (Å²) >= 11 is 0. The highest BCUT2D eigenvalue weighted by Gasteiger charge is 1.91. The van der Waals surface area contributed by atoms with Crippen molar-refractivity contribution in [1.82, 2.24) is 0 Å². The zero-order valence-corrected chi connectivity index (χ0v) is 6.62. The number of benzene rings is 2. The minimum Gasteiger partial charge on any atom is -0.0622 e. The number of hydrogen-bond donors (Lipinski definition) is 0. The van der Waals surface area contributed by atoms with Gasteiger partial charge in [-0.1, -0.05) is 60.6 Å². The molecule has 0 fully saturated rings. The molecular formula is C12H10. The summed E-state index contributed by atoms with van der Waals surface area (Å²) in [5, 5.41) is 0. The Balaban J connectivity index is 2.61. The van der Waals surface area contributed by atoms with Crippen molar-refractivity contribution < 1.29 is 2.74 Å². The molecule has 12 heavy (non-hydrogen) atoms. The highest BCUT2D eigenvalue weighted by molar-refractivity contribution is 5.62. The van der Waals surface area contributed by atoms with Crippen LogP contribution in [0.2, 0.25) is 0 Å². The highest BCUT2D eigenvalue weighted by atomic mass is 14.0. The van der Waals surface area contributed by atoms with Crippen molar-refractivity contribution in [3.8, 4) is 11.1 Å². The third-order valence-corrected chi connectivity index (χ3v) is 1.71. The Kier molecular flexibility index (Phi) is 1.38. The van der Waals surface area contributed by atoms with Crippen LogP contribution in [0.3, 0.4) is 0 Å². The van der Waals surface area contributed by atoms with Crippen molar-refractivity contribution in [3.63, 3.8) is 0 Å². The van der Waals surface area contributed by atoms with Gasteiger partial charge in [0.15, 0.2) is 0 Å². The zero-order chi connectivity index (χ0) is 9.97. The lowest BCUT2D eigenvalue weighted by atomic mass is 10.1. The van der Waals surface area contributed by atoms with Crippen LogP contribution in [0.25, 0.3) is 11.1 Å². The maximum Gasteiger partial charge on any atom is 0.0629 e. The molecule has 2 aromatic rings. The Morgan fingerprint density at radius 3 is 1.58 bits per heavy atom. The summed E-state index contributed by atoms with van der Waals surface area (Å²) in [4.78, 5) is 0. The molecule has 0 heteroatoms. The lowest BCUT2D eigenvalue weighted by molar-refractivity contribution is 1.62. The Bertz CT molecular complexity index is 406. The second-order valence-corrected chi connectivity index (χ2v) is 2.55. The van der Waals surface area contributed by atoms with Crippen LogP contribution in [0.5, 0.6) is 0 Å². The van der Waals surface area contributed by atoms with E-state index in [-0.39, 0.29) is 0 Å². The molecule has 0 radical (unpaired) electrons. The predicted molar refractivity (Wildman–Crippen MR) is 51.9 cm³/mol. The second kappa shape index (κ2) is 3.22. The molecule has 0 heterocycles. The molecule has 2 rings (SSSR count). The van der Waals surface area contributed by atoms with Crippen LogP contribution in [-0.4, -0.2) is 0 Å². The van der Waals surface area contributed by atoms with E-state index in [1.165, 1.54) is 0 Å². The summed E-state index contributed by atoms with van der Waals surface area (Å²) < 4.78 is 15.4. The van der Waals surface area contributed by atoms with Gasteiger partial charge in [0.2, 0.25) is 0 Å². The average Bonchev–Trinajstić information content (AvgIpc) is 2.20. The van der Waals surface area contributed by atoms with Gasteiger partial charge in [0.25, 0.3) is 0 Å². The molecule has 0 aliphatic heterocycles. The van der Waals surface area contributed by atoms with E-state index in [1.807, 2.05) is 36.4 Å². The van der Waals surface area contributed by atoms with Crippen LogP contribution in [0.15, 0.2) is 60.6 Å². The normalized spacial score (nSPS) is 12.0. The molecule has 2 aromatic carbocycles. The van der Waals surface area contributed by atoms with Crippen LogP contribution in [-0.2, 0) is 0 Å². The molecule has 0 unspecified atom stereocenters. The molecule has 0 nitrogen and oxygen atoms in total. The van der Waals surface area contributed by atoms with Gasteiger partial charge in [-0.2, -0.15) is 0 Å². The Morgan fingerprint density at radius 2 is 1.17 bits per heavy atom. The van der Waals surface area contributed by atoms with Gasteiger partial charge in [0.1, 0.15) is 0 Å². The fourth-order valence-electron chi connectivity index (χ4n) is 1.12. The molecule has 0 N–H and O–H groups in total. The van der Waals surface area contributed by atoms with E-state index in [9.17, 15) is 0 Å². The van der Waals surface area contributed by atoms with Crippen molar-refractivity contribution >= 4 is 0 Å². The van der Waals surface area contributed by atoms with Gasteiger partial charge >= 0.3 is 0 Å². The quantitative estimate of drug-likeness (QED) is 0.594. The molecule has 0 spiro atoms. The van der Waals surface area contributed by atoms with Gasteiger partial charge in [-0.25, -0.2) is 0 Å². The Morgan fingerprint density at radius 1 is 0.667 bits per heavy atom. The number of hydrogen-bond acceptors (Lipinski definition) is 0. The summed E-state index contributed by atoms with van der Waals surface area (Å²) in [6, 6.07) is 15.6. The SMILES string of the molecule is [2H]c1ccccc1-c1ccccc1[2H]. The molecule has 0 aliphatic carbocycles. The molecule has 0 bridgehead atoms. The van der Waals surface area contributed by atoms with E-state index < -0.39 is 0 Å². The van der Waals surface area contributed by atoms with E-state index >= 15 is 0 Å². The predicted octanol–water partition coefficient (Wildman–Crippen LogP) is 3.35. The summed E-state index contributed by atoms with van der Waals surface area (Å²) in [6.07, 6.45) is 0. The molecule has 0 atom stereocenters. The fraction of sp³-hybridized carbons (Fsp3) is 0. The summed E-state index contributed by atoms with van der Waals surface area (Å²) in [6.45, 7) is 0. The van der Waals surface area contributed by atoms with Gasteiger partial charge < -0.3 is 0 Å². The minimum absolute atomic E-state index is 0.465. The average molecular weight is 156 g/mol.